The quantitative estimate of drug-likeness (QED) is 0.914. The first-order valence-corrected chi connectivity index (χ1v) is 7.04. The molecule has 1 saturated heterocycles. The molecule has 0 radical (unpaired) electrons. The number of nitrogens with zero attached hydrogens (tertiary/aromatic N) is 2. The van der Waals surface area contributed by atoms with Crippen molar-refractivity contribution in [2.24, 2.45) is 0 Å². The number of carbonyl (C=O) groups excluding carboxylic acids is 1. The van der Waals surface area contributed by atoms with Crippen LogP contribution in [0.1, 0.15) is 6.92 Å². The van der Waals surface area contributed by atoms with Gasteiger partial charge in [0.15, 0.2) is 0 Å². The number of anilines is 1. The van der Waals surface area contributed by atoms with Gasteiger partial charge in [-0.05, 0) is 19.1 Å². The highest BCUT2D eigenvalue weighted by atomic mass is 16.5. The van der Waals surface area contributed by atoms with Crippen molar-refractivity contribution in [3.05, 3.63) is 30.3 Å². The van der Waals surface area contributed by atoms with Crippen LogP contribution in [0.5, 0.6) is 0 Å². The van der Waals surface area contributed by atoms with Crippen LogP contribution in [-0.2, 0) is 4.74 Å². The molecule has 0 bridgehead atoms. The molecule has 20 heavy (non-hydrogen) atoms. The lowest BCUT2D eigenvalue weighted by Gasteiger charge is -2.37. The Hall–Kier alpha value is -1.59. The van der Waals surface area contributed by atoms with Gasteiger partial charge in [-0.15, -0.1) is 0 Å². The largest absolute Gasteiger partial charge is 0.383 e. The van der Waals surface area contributed by atoms with Crippen LogP contribution in [0.25, 0.3) is 0 Å². The fourth-order valence-electron chi connectivity index (χ4n) is 2.44. The fraction of sp³-hybridized carbons (Fsp3) is 0.533. The summed E-state index contributed by atoms with van der Waals surface area (Å²) in [7, 11) is 1.72. The van der Waals surface area contributed by atoms with Crippen LogP contribution in [0.2, 0.25) is 0 Å². The molecule has 1 heterocycles. The van der Waals surface area contributed by atoms with Crippen LogP contribution in [0.4, 0.5) is 10.5 Å². The van der Waals surface area contributed by atoms with E-state index in [1.807, 2.05) is 35.2 Å². The Morgan fingerprint density at radius 2 is 1.90 bits per heavy atom. The van der Waals surface area contributed by atoms with Crippen LogP contribution in [0, 0.1) is 0 Å². The molecule has 5 heteroatoms. The van der Waals surface area contributed by atoms with Crippen molar-refractivity contribution in [3.8, 4) is 0 Å². The molecule has 0 spiro atoms. The topological polar surface area (TPSA) is 44.8 Å². The number of piperazine rings is 1. The van der Waals surface area contributed by atoms with E-state index in [9.17, 15) is 4.79 Å². The minimum absolute atomic E-state index is 0.0183. The maximum absolute atomic E-state index is 12.1. The van der Waals surface area contributed by atoms with Crippen molar-refractivity contribution in [1.82, 2.24) is 9.80 Å². The first-order chi connectivity index (χ1) is 9.70. The lowest BCUT2D eigenvalue weighted by molar-refractivity contribution is 0.0680. The number of nitrogens with one attached hydrogen (secondary N) is 1. The lowest BCUT2D eigenvalue weighted by atomic mass is 10.2. The monoisotopic (exact) mass is 277 g/mol. The molecule has 110 valence electrons. The summed E-state index contributed by atoms with van der Waals surface area (Å²) in [6.07, 6.45) is 0. The molecule has 2 rings (SSSR count). The zero-order valence-electron chi connectivity index (χ0n) is 12.2. The minimum Gasteiger partial charge on any atom is -0.383 e. The molecule has 1 aromatic rings. The molecule has 0 aliphatic carbocycles. The van der Waals surface area contributed by atoms with Gasteiger partial charge in [0, 0.05) is 45.0 Å². The van der Waals surface area contributed by atoms with E-state index in [1.54, 1.807) is 7.11 Å². The van der Waals surface area contributed by atoms with Crippen molar-refractivity contribution >= 4 is 11.7 Å². The number of hydrogen-bond acceptors (Lipinski definition) is 3. The highest BCUT2D eigenvalue weighted by molar-refractivity contribution is 5.89. The van der Waals surface area contributed by atoms with Crippen molar-refractivity contribution in [1.29, 1.82) is 0 Å². The van der Waals surface area contributed by atoms with Crippen LogP contribution in [0.3, 0.4) is 0 Å². The van der Waals surface area contributed by atoms with Crippen LogP contribution < -0.4 is 5.32 Å². The summed E-state index contributed by atoms with van der Waals surface area (Å²) < 4.78 is 5.18. The van der Waals surface area contributed by atoms with Gasteiger partial charge in [0.25, 0.3) is 0 Å². The first kappa shape index (κ1) is 14.8. The van der Waals surface area contributed by atoms with Gasteiger partial charge in [-0.25, -0.2) is 4.79 Å². The van der Waals surface area contributed by atoms with E-state index in [2.05, 4.69) is 17.1 Å². The van der Waals surface area contributed by atoms with Gasteiger partial charge in [0.2, 0.25) is 0 Å². The zero-order valence-corrected chi connectivity index (χ0v) is 12.2. The summed E-state index contributed by atoms with van der Waals surface area (Å²) in [5.41, 5.74) is 0.840. The Labute approximate surface area is 120 Å². The average Bonchev–Trinajstić information content (AvgIpc) is 2.48. The molecule has 1 atom stereocenters. The minimum atomic E-state index is -0.0183. The second-order valence-corrected chi connectivity index (χ2v) is 5.12. The third-order valence-electron chi connectivity index (χ3n) is 3.66. The molecule has 1 aliphatic rings. The summed E-state index contributed by atoms with van der Waals surface area (Å²) in [4.78, 5) is 16.4. The Morgan fingerprint density at radius 3 is 2.50 bits per heavy atom. The number of urea groups is 1. The number of methoxy groups -OCH3 is 1. The molecule has 0 aromatic heterocycles. The molecular formula is C15H23N3O2. The molecular weight excluding hydrogens is 254 g/mol. The molecule has 1 N–H and O–H groups in total. The smallest absolute Gasteiger partial charge is 0.321 e. The fourth-order valence-corrected chi connectivity index (χ4v) is 2.44. The summed E-state index contributed by atoms with van der Waals surface area (Å²) in [6, 6.07) is 9.95. The maximum Gasteiger partial charge on any atom is 0.321 e. The standard InChI is InChI=1S/C15H23N3O2/c1-13(12-20-2)17-8-10-18(11-9-17)15(19)16-14-6-4-3-5-7-14/h3-7,13H,8-12H2,1-2H3,(H,16,19)/t13-/m1/s1. The second-order valence-electron chi connectivity index (χ2n) is 5.12. The number of carbonyl (C=O) groups is 1. The second kappa shape index (κ2) is 7.26. The number of para-hydroxylation sites is 1. The highest BCUT2D eigenvalue weighted by Crippen LogP contribution is 2.10. The highest BCUT2D eigenvalue weighted by Gasteiger charge is 2.23. The van der Waals surface area contributed by atoms with Crippen molar-refractivity contribution in [3.63, 3.8) is 0 Å². The van der Waals surface area contributed by atoms with Crippen molar-refractivity contribution < 1.29 is 9.53 Å². The molecule has 0 unspecified atom stereocenters. The zero-order chi connectivity index (χ0) is 14.4. The predicted octanol–water partition coefficient (Wildman–Crippen LogP) is 1.87. The molecule has 5 nitrogen and oxygen atoms in total. The molecule has 1 aromatic carbocycles. The predicted molar refractivity (Wildman–Crippen MR) is 79.9 cm³/mol. The molecule has 1 fully saturated rings. The van der Waals surface area contributed by atoms with E-state index >= 15 is 0 Å². The van der Waals surface area contributed by atoms with Crippen LogP contribution >= 0.6 is 0 Å². The van der Waals surface area contributed by atoms with Gasteiger partial charge in [-0.3, -0.25) is 4.90 Å². The number of hydrogen-bond donors (Lipinski definition) is 1. The van der Waals surface area contributed by atoms with Gasteiger partial charge in [0.05, 0.1) is 6.61 Å². The summed E-state index contributed by atoms with van der Waals surface area (Å²) in [5.74, 6) is 0. The van der Waals surface area contributed by atoms with Gasteiger partial charge in [-0.1, -0.05) is 18.2 Å². The Balaban J connectivity index is 1.80. The molecule has 0 saturated carbocycles. The van der Waals surface area contributed by atoms with E-state index in [0.29, 0.717) is 6.04 Å². The normalized spacial score (nSPS) is 17.8. The Morgan fingerprint density at radius 1 is 1.25 bits per heavy atom. The van der Waals surface area contributed by atoms with E-state index in [4.69, 9.17) is 4.74 Å². The maximum atomic E-state index is 12.1. The third kappa shape index (κ3) is 3.95. The average molecular weight is 277 g/mol. The number of amides is 2. The first-order valence-electron chi connectivity index (χ1n) is 7.04. The Kier molecular flexibility index (Phi) is 5.38. The SMILES string of the molecule is COC[C@@H](C)N1CCN(C(=O)Nc2ccccc2)CC1. The van der Waals surface area contributed by atoms with E-state index in [0.717, 1.165) is 38.5 Å². The Bertz CT molecular complexity index is 416. The molecule has 1 aliphatic heterocycles. The van der Waals surface area contributed by atoms with Crippen LogP contribution in [0.15, 0.2) is 30.3 Å². The summed E-state index contributed by atoms with van der Waals surface area (Å²) >= 11 is 0. The number of ether oxygens (including phenoxy) is 1. The van der Waals surface area contributed by atoms with Gasteiger partial charge in [0.1, 0.15) is 0 Å². The van der Waals surface area contributed by atoms with E-state index < -0.39 is 0 Å². The number of benzene rings is 1. The van der Waals surface area contributed by atoms with Gasteiger partial charge >= 0.3 is 6.03 Å². The van der Waals surface area contributed by atoms with E-state index in [1.165, 1.54) is 0 Å². The number of rotatable bonds is 4. The van der Waals surface area contributed by atoms with E-state index in [-0.39, 0.29) is 6.03 Å². The van der Waals surface area contributed by atoms with Crippen molar-refractivity contribution in [2.45, 2.75) is 13.0 Å². The molecule has 2 amide bonds. The van der Waals surface area contributed by atoms with Crippen LogP contribution in [-0.4, -0.2) is 61.8 Å². The third-order valence-corrected chi connectivity index (χ3v) is 3.66. The van der Waals surface area contributed by atoms with Crippen molar-refractivity contribution in [2.75, 3.05) is 45.2 Å². The summed E-state index contributed by atoms with van der Waals surface area (Å²) in [5, 5.41) is 2.92. The lowest BCUT2D eigenvalue weighted by Crippen LogP contribution is -2.53. The summed E-state index contributed by atoms with van der Waals surface area (Å²) in [6.45, 7) is 6.19. The van der Waals surface area contributed by atoms with Gasteiger partial charge < -0.3 is 15.0 Å². The van der Waals surface area contributed by atoms with Gasteiger partial charge in [-0.2, -0.15) is 0 Å².